The number of piperidine rings is 1. The molecule has 1 fully saturated rings. The fourth-order valence-electron chi connectivity index (χ4n) is 4.87. The maximum atomic E-state index is 13.2. The highest BCUT2D eigenvalue weighted by Gasteiger charge is 2.25. The van der Waals surface area contributed by atoms with E-state index in [0.717, 1.165) is 43.0 Å². The van der Waals surface area contributed by atoms with E-state index in [4.69, 9.17) is 0 Å². The molecule has 0 spiro atoms. The average molecular weight is 458 g/mol. The molecule has 1 aliphatic rings. The van der Waals surface area contributed by atoms with Crippen molar-refractivity contribution >= 4 is 22.8 Å². The van der Waals surface area contributed by atoms with E-state index >= 15 is 0 Å². The molecule has 0 saturated carbocycles. The number of hydrogen-bond donors (Lipinski definition) is 2. The van der Waals surface area contributed by atoms with Crippen molar-refractivity contribution in [3.63, 3.8) is 0 Å². The number of carbonyl (C=O) groups is 1. The Hall–Kier alpha value is -3.94. The minimum Gasteiger partial charge on any atom is -0.507 e. The second-order valence-electron chi connectivity index (χ2n) is 9.03. The highest BCUT2D eigenvalue weighted by Crippen LogP contribution is 2.29. The van der Waals surface area contributed by atoms with E-state index in [1.807, 2.05) is 29.7 Å². The van der Waals surface area contributed by atoms with Gasteiger partial charge in [0.1, 0.15) is 11.6 Å². The lowest BCUT2D eigenvalue weighted by atomic mass is 9.98. The quantitative estimate of drug-likeness (QED) is 0.452. The molecule has 3 aromatic heterocycles. The van der Waals surface area contributed by atoms with Crippen LogP contribution in [0.15, 0.2) is 47.4 Å². The number of carbonyl (C=O) groups excluding carboxylic acids is 1. The van der Waals surface area contributed by atoms with Gasteiger partial charge in [0.15, 0.2) is 11.4 Å². The lowest BCUT2D eigenvalue weighted by molar-refractivity contribution is 0.103. The van der Waals surface area contributed by atoms with Crippen molar-refractivity contribution in [1.29, 1.82) is 0 Å². The molecular weight excluding hydrogens is 430 g/mol. The van der Waals surface area contributed by atoms with E-state index in [0.29, 0.717) is 27.9 Å². The van der Waals surface area contributed by atoms with Crippen LogP contribution >= 0.6 is 0 Å². The number of phenolic OH excluding ortho intramolecular Hbond substituents is 1. The van der Waals surface area contributed by atoms with Gasteiger partial charge in [0.25, 0.3) is 0 Å². The smallest absolute Gasteiger partial charge is 0.327 e. The molecule has 174 valence electrons. The van der Waals surface area contributed by atoms with Crippen molar-refractivity contribution in [2.75, 3.05) is 18.0 Å². The zero-order chi connectivity index (χ0) is 24.0. The Kier molecular flexibility index (Phi) is 5.43. The van der Waals surface area contributed by atoms with E-state index < -0.39 is 0 Å². The molecule has 1 saturated heterocycles. The zero-order valence-corrected chi connectivity index (χ0v) is 19.5. The fourth-order valence-corrected chi connectivity index (χ4v) is 4.87. The number of fused-ring (bicyclic) bond motifs is 1. The van der Waals surface area contributed by atoms with Gasteiger partial charge < -0.3 is 10.0 Å². The van der Waals surface area contributed by atoms with Crippen molar-refractivity contribution in [3.8, 4) is 5.75 Å². The second kappa shape index (κ2) is 8.44. The van der Waals surface area contributed by atoms with Crippen LogP contribution in [0.5, 0.6) is 5.75 Å². The summed E-state index contributed by atoms with van der Waals surface area (Å²) < 4.78 is 1.81. The summed E-state index contributed by atoms with van der Waals surface area (Å²) >= 11 is 0. The predicted molar refractivity (Wildman–Crippen MR) is 131 cm³/mol. The number of pyridine rings is 2. The van der Waals surface area contributed by atoms with Gasteiger partial charge in [-0.25, -0.2) is 14.8 Å². The summed E-state index contributed by atoms with van der Waals surface area (Å²) in [5, 5.41) is 10.1. The molecule has 1 aliphatic heterocycles. The van der Waals surface area contributed by atoms with Gasteiger partial charge in [0.2, 0.25) is 0 Å². The SMILES string of the molecule is Cc1cc(C(=O)c2cc(C)c(O)c(C)c2)cc(N2CCC(n3c(=O)[nH]c4ncccc43)CC2)n1. The van der Waals surface area contributed by atoms with Crippen molar-refractivity contribution in [2.45, 2.75) is 39.7 Å². The number of hydrogen-bond acceptors (Lipinski definition) is 6. The Morgan fingerprint density at radius 3 is 2.44 bits per heavy atom. The van der Waals surface area contributed by atoms with Crippen molar-refractivity contribution < 1.29 is 9.90 Å². The predicted octanol–water partition coefficient (Wildman–Crippen LogP) is 3.82. The lowest BCUT2D eigenvalue weighted by Crippen LogP contribution is -2.37. The van der Waals surface area contributed by atoms with Gasteiger partial charge in [-0.05, 0) is 81.1 Å². The van der Waals surface area contributed by atoms with Gasteiger partial charge in [-0.3, -0.25) is 14.3 Å². The number of aryl methyl sites for hydroxylation is 3. The topological polar surface area (TPSA) is 104 Å². The van der Waals surface area contributed by atoms with E-state index in [1.165, 1.54) is 0 Å². The summed E-state index contributed by atoms with van der Waals surface area (Å²) in [7, 11) is 0. The lowest BCUT2D eigenvalue weighted by Gasteiger charge is -2.33. The maximum absolute atomic E-state index is 13.2. The summed E-state index contributed by atoms with van der Waals surface area (Å²) in [4.78, 5) is 39.7. The molecule has 0 atom stereocenters. The van der Waals surface area contributed by atoms with Crippen molar-refractivity contribution in [3.05, 3.63) is 81.0 Å². The van der Waals surface area contributed by atoms with Crippen LogP contribution in [0, 0.1) is 20.8 Å². The number of aromatic amines is 1. The molecule has 4 heterocycles. The summed E-state index contributed by atoms with van der Waals surface area (Å²) in [6.07, 6.45) is 3.25. The van der Waals surface area contributed by atoms with Crippen LogP contribution in [0.25, 0.3) is 11.2 Å². The van der Waals surface area contributed by atoms with Crippen LogP contribution in [-0.2, 0) is 0 Å². The number of nitrogens with zero attached hydrogens (tertiary/aromatic N) is 4. The first-order valence-electron chi connectivity index (χ1n) is 11.5. The molecule has 0 aliphatic carbocycles. The van der Waals surface area contributed by atoms with E-state index in [9.17, 15) is 14.7 Å². The van der Waals surface area contributed by atoms with Crippen LogP contribution in [0.3, 0.4) is 0 Å². The molecular formula is C26H27N5O3. The molecule has 34 heavy (non-hydrogen) atoms. The van der Waals surface area contributed by atoms with Crippen molar-refractivity contribution in [1.82, 2.24) is 19.5 Å². The zero-order valence-electron chi connectivity index (χ0n) is 19.5. The Morgan fingerprint density at radius 1 is 1.06 bits per heavy atom. The van der Waals surface area contributed by atoms with Crippen LogP contribution in [0.4, 0.5) is 5.82 Å². The summed E-state index contributed by atoms with van der Waals surface area (Å²) in [6.45, 7) is 6.93. The number of imidazole rings is 1. The first-order valence-corrected chi connectivity index (χ1v) is 11.5. The normalized spacial score (nSPS) is 14.6. The number of benzene rings is 1. The molecule has 0 unspecified atom stereocenters. The number of ketones is 1. The van der Waals surface area contributed by atoms with Crippen LogP contribution in [-0.4, -0.2) is 43.5 Å². The number of H-pyrrole nitrogens is 1. The molecule has 1 aromatic carbocycles. The minimum absolute atomic E-state index is 0.0792. The van der Waals surface area contributed by atoms with Gasteiger partial charge in [-0.1, -0.05) is 0 Å². The summed E-state index contributed by atoms with van der Waals surface area (Å²) in [6, 6.07) is 10.9. The molecule has 5 rings (SSSR count). The highest BCUT2D eigenvalue weighted by atomic mass is 16.3. The Bertz CT molecular complexity index is 1440. The van der Waals surface area contributed by atoms with Gasteiger partial charge in [0.05, 0.1) is 5.52 Å². The number of aromatic nitrogens is 4. The first-order chi connectivity index (χ1) is 16.3. The maximum Gasteiger partial charge on any atom is 0.327 e. The van der Waals surface area contributed by atoms with Crippen LogP contribution < -0.4 is 10.6 Å². The van der Waals surface area contributed by atoms with Crippen LogP contribution in [0.1, 0.15) is 51.6 Å². The van der Waals surface area contributed by atoms with Crippen LogP contribution in [0.2, 0.25) is 0 Å². The highest BCUT2D eigenvalue weighted by molar-refractivity contribution is 6.09. The Labute approximate surface area is 196 Å². The number of rotatable bonds is 4. The number of aromatic hydroxyl groups is 1. The molecule has 8 nitrogen and oxygen atoms in total. The molecule has 8 heteroatoms. The largest absolute Gasteiger partial charge is 0.507 e. The molecule has 4 aromatic rings. The first kappa shape index (κ1) is 21.9. The Morgan fingerprint density at radius 2 is 1.74 bits per heavy atom. The summed E-state index contributed by atoms with van der Waals surface area (Å²) in [5.41, 5.74) is 4.56. The van der Waals surface area contributed by atoms with Gasteiger partial charge >= 0.3 is 5.69 Å². The Balaban J connectivity index is 1.38. The molecule has 0 bridgehead atoms. The number of nitrogens with one attached hydrogen (secondary N) is 1. The number of anilines is 1. The van der Waals surface area contributed by atoms with Gasteiger partial charge in [0, 0.05) is 42.1 Å². The monoisotopic (exact) mass is 457 g/mol. The minimum atomic E-state index is -0.131. The third-order valence-corrected chi connectivity index (χ3v) is 6.60. The second-order valence-corrected chi connectivity index (χ2v) is 9.03. The molecule has 0 amide bonds. The molecule has 2 N–H and O–H groups in total. The summed E-state index contributed by atoms with van der Waals surface area (Å²) in [5.74, 6) is 0.892. The van der Waals surface area contributed by atoms with Gasteiger partial charge in [-0.15, -0.1) is 0 Å². The van der Waals surface area contributed by atoms with E-state index in [-0.39, 0.29) is 23.3 Å². The standard InChI is InChI=1S/C26H27N5O3/c1-15-11-18(12-16(2)23(15)32)24(33)19-13-17(3)28-22(14-19)30-9-6-20(7-10-30)31-21-5-4-8-27-25(21)29-26(31)34/h4-5,8,11-14,20,32H,6-7,9-10H2,1-3H3,(H,27,29,34). The van der Waals surface area contributed by atoms with Gasteiger partial charge in [-0.2, -0.15) is 0 Å². The fraction of sp³-hybridized carbons (Fsp3) is 0.308. The van der Waals surface area contributed by atoms with Crippen molar-refractivity contribution in [2.24, 2.45) is 0 Å². The molecule has 0 radical (unpaired) electrons. The third-order valence-electron chi connectivity index (χ3n) is 6.60. The van der Waals surface area contributed by atoms with E-state index in [1.54, 1.807) is 38.2 Å². The third kappa shape index (κ3) is 3.85. The van der Waals surface area contributed by atoms with E-state index in [2.05, 4.69) is 19.9 Å². The number of phenols is 1. The average Bonchev–Trinajstić information content (AvgIpc) is 3.17.